The molecule has 0 aliphatic heterocycles. The first-order valence-electron chi connectivity index (χ1n) is 6.01. The van der Waals surface area contributed by atoms with Gasteiger partial charge in [-0.2, -0.15) is 5.10 Å². The molecule has 1 unspecified atom stereocenters. The Morgan fingerprint density at radius 1 is 1.63 bits per heavy atom. The normalized spacial score (nSPS) is 12.4. The van der Waals surface area contributed by atoms with Gasteiger partial charge in [-0.1, -0.05) is 0 Å². The minimum atomic E-state index is -0.654. The molecule has 6 heteroatoms. The fourth-order valence-corrected chi connectivity index (χ4v) is 2.80. The maximum atomic E-state index is 12.3. The monoisotopic (exact) mass is 278 g/mol. The third-order valence-corrected chi connectivity index (χ3v) is 4.08. The number of carbonyl (C=O) groups is 1. The Kier molecular flexibility index (Phi) is 4.01. The second-order valence-corrected chi connectivity index (χ2v) is 5.65. The van der Waals surface area contributed by atoms with Gasteiger partial charge in [0.15, 0.2) is 0 Å². The van der Waals surface area contributed by atoms with Gasteiger partial charge in [-0.05, 0) is 23.9 Å². The van der Waals surface area contributed by atoms with E-state index in [2.05, 4.69) is 11.2 Å². The van der Waals surface area contributed by atoms with Crippen molar-refractivity contribution in [3.8, 4) is 0 Å². The van der Waals surface area contributed by atoms with E-state index in [0.717, 1.165) is 5.56 Å². The molecule has 2 N–H and O–H groups in total. The van der Waals surface area contributed by atoms with Crippen LogP contribution in [-0.4, -0.2) is 27.6 Å². The molecule has 19 heavy (non-hydrogen) atoms. The third-order valence-electron chi connectivity index (χ3n) is 3.08. The summed E-state index contributed by atoms with van der Waals surface area (Å²) in [5.41, 5.74) is 7.92. The summed E-state index contributed by atoms with van der Waals surface area (Å²) >= 11 is 1.66. The molecule has 5 nitrogen and oxygen atoms in total. The molecule has 2 aromatic rings. The first-order valence-corrected chi connectivity index (χ1v) is 6.89. The fraction of sp³-hybridized carbons (Fsp3) is 0.385. The molecule has 2 rings (SSSR count). The minimum Gasteiger partial charge on any atom is -0.339 e. The molecule has 0 aromatic carbocycles. The van der Waals surface area contributed by atoms with Crippen LogP contribution in [0.1, 0.15) is 22.0 Å². The van der Waals surface area contributed by atoms with Crippen LogP contribution in [0, 0.1) is 6.92 Å². The highest BCUT2D eigenvalue weighted by Gasteiger charge is 2.21. The van der Waals surface area contributed by atoms with Crippen LogP contribution in [0.25, 0.3) is 0 Å². The first kappa shape index (κ1) is 13.8. The van der Waals surface area contributed by atoms with Crippen molar-refractivity contribution in [2.45, 2.75) is 19.5 Å². The highest BCUT2D eigenvalue weighted by atomic mass is 32.1. The number of hydrogen-bond donors (Lipinski definition) is 1. The average Bonchev–Trinajstić information content (AvgIpc) is 2.97. The molecular weight excluding hydrogens is 260 g/mol. The lowest BCUT2D eigenvalue weighted by molar-refractivity contribution is -0.131. The minimum absolute atomic E-state index is 0.0965. The Balaban J connectivity index is 2.05. The molecular formula is C13H18N4OS. The number of rotatable bonds is 4. The number of nitrogens with two attached hydrogens (primary N) is 1. The largest absolute Gasteiger partial charge is 0.339 e. The van der Waals surface area contributed by atoms with E-state index < -0.39 is 6.04 Å². The molecule has 1 atom stereocenters. The van der Waals surface area contributed by atoms with Gasteiger partial charge in [0.25, 0.3) is 0 Å². The molecule has 0 fully saturated rings. The maximum absolute atomic E-state index is 12.3. The van der Waals surface area contributed by atoms with Crippen LogP contribution in [0.5, 0.6) is 0 Å². The number of amides is 1. The van der Waals surface area contributed by atoms with Crippen molar-refractivity contribution in [2.24, 2.45) is 12.8 Å². The van der Waals surface area contributed by atoms with Crippen molar-refractivity contribution in [1.82, 2.24) is 14.7 Å². The van der Waals surface area contributed by atoms with Crippen LogP contribution >= 0.6 is 11.3 Å². The number of aromatic nitrogens is 2. The van der Waals surface area contributed by atoms with E-state index in [4.69, 9.17) is 5.73 Å². The van der Waals surface area contributed by atoms with Gasteiger partial charge in [-0.25, -0.2) is 0 Å². The summed E-state index contributed by atoms with van der Waals surface area (Å²) in [5.74, 6) is -0.0965. The van der Waals surface area contributed by atoms with Crippen LogP contribution in [0.4, 0.5) is 0 Å². The van der Waals surface area contributed by atoms with Crippen molar-refractivity contribution in [3.63, 3.8) is 0 Å². The van der Waals surface area contributed by atoms with Gasteiger partial charge in [0.1, 0.15) is 6.04 Å². The van der Waals surface area contributed by atoms with Crippen molar-refractivity contribution in [3.05, 3.63) is 39.8 Å². The lowest BCUT2D eigenvalue weighted by atomic mass is 10.1. The molecule has 0 aliphatic carbocycles. The zero-order chi connectivity index (χ0) is 14.0. The Bertz CT molecular complexity index is 575. The number of aryl methyl sites for hydroxylation is 2. The fourth-order valence-electron chi connectivity index (χ4n) is 1.84. The molecule has 0 saturated heterocycles. The second kappa shape index (κ2) is 5.54. The summed E-state index contributed by atoms with van der Waals surface area (Å²) in [6.07, 6.45) is 3.40. The Morgan fingerprint density at radius 2 is 2.37 bits per heavy atom. The molecule has 0 bridgehead atoms. The third kappa shape index (κ3) is 3.02. The molecule has 1 amide bonds. The van der Waals surface area contributed by atoms with Gasteiger partial charge in [0.2, 0.25) is 5.91 Å². The molecule has 2 aromatic heterocycles. The predicted octanol–water partition coefficient (Wildman–Crippen LogP) is 1.45. The smallest absolute Gasteiger partial charge is 0.244 e. The number of likely N-dealkylation sites (N-methyl/N-ethyl adjacent to an activating group) is 1. The highest BCUT2D eigenvalue weighted by molar-refractivity contribution is 7.10. The van der Waals surface area contributed by atoms with E-state index in [-0.39, 0.29) is 5.91 Å². The lowest BCUT2D eigenvalue weighted by Gasteiger charge is -2.20. The summed E-state index contributed by atoms with van der Waals surface area (Å²) in [5, 5.41) is 6.07. The van der Waals surface area contributed by atoms with Gasteiger partial charge in [-0.15, -0.1) is 11.3 Å². The number of hydrogen-bond acceptors (Lipinski definition) is 4. The zero-order valence-corrected chi connectivity index (χ0v) is 12.1. The molecule has 0 radical (unpaired) electrons. The Labute approximate surface area is 116 Å². The van der Waals surface area contributed by atoms with E-state index in [1.54, 1.807) is 47.4 Å². The summed E-state index contributed by atoms with van der Waals surface area (Å²) in [6, 6.07) is 1.40. The SMILES string of the molecule is Cc1ccsc1CN(C)C(=O)C(N)c1cnn(C)c1. The first-order chi connectivity index (χ1) is 8.99. The van der Waals surface area contributed by atoms with Gasteiger partial charge in [0, 0.05) is 30.7 Å². The van der Waals surface area contributed by atoms with E-state index in [9.17, 15) is 4.79 Å². The summed E-state index contributed by atoms with van der Waals surface area (Å²) < 4.78 is 1.64. The van der Waals surface area contributed by atoms with Crippen molar-refractivity contribution >= 4 is 17.2 Å². The lowest BCUT2D eigenvalue weighted by Crippen LogP contribution is -2.35. The van der Waals surface area contributed by atoms with Crippen LogP contribution in [0.3, 0.4) is 0 Å². The maximum Gasteiger partial charge on any atom is 0.244 e. The van der Waals surface area contributed by atoms with Crippen molar-refractivity contribution in [2.75, 3.05) is 7.05 Å². The summed E-state index contributed by atoms with van der Waals surface area (Å²) in [7, 11) is 3.58. The molecule has 0 spiro atoms. The summed E-state index contributed by atoms with van der Waals surface area (Å²) in [4.78, 5) is 15.1. The van der Waals surface area contributed by atoms with E-state index in [1.165, 1.54) is 10.4 Å². The Morgan fingerprint density at radius 3 is 2.89 bits per heavy atom. The molecule has 2 heterocycles. The van der Waals surface area contributed by atoms with Gasteiger partial charge in [0.05, 0.1) is 12.7 Å². The van der Waals surface area contributed by atoms with Gasteiger partial charge >= 0.3 is 0 Å². The van der Waals surface area contributed by atoms with Crippen LogP contribution in [0.15, 0.2) is 23.8 Å². The number of nitrogens with zero attached hydrogens (tertiary/aromatic N) is 3. The van der Waals surface area contributed by atoms with Crippen LogP contribution < -0.4 is 5.73 Å². The standard InChI is InChI=1S/C13H18N4OS/c1-9-4-5-19-11(9)8-16(2)13(18)12(14)10-6-15-17(3)7-10/h4-7,12H,8,14H2,1-3H3. The zero-order valence-electron chi connectivity index (χ0n) is 11.3. The van der Waals surface area contributed by atoms with E-state index >= 15 is 0 Å². The average molecular weight is 278 g/mol. The van der Waals surface area contributed by atoms with Crippen molar-refractivity contribution in [1.29, 1.82) is 0 Å². The highest BCUT2D eigenvalue weighted by Crippen LogP contribution is 2.19. The van der Waals surface area contributed by atoms with E-state index in [1.807, 2.05) is 12.3 Å². The quantitative estimate of drug-likeness (QED) is 0.920. The van der Waals surface area contributed by atoms with E-state index in [0.29, 0.717) is 6.54 Å². The van der Waals surface area contributed by atoms with Gasteiger partial charge in [-0.3, -0.25) is 9.48 Å². The molecule has 102 valence electrons. The second-order valence-electron chi connectivity index (χ2n) is 4.65. The Hall–Kier alpha value is -1.66. The van der Waals surface area contributed by atoms with Crippen LogP contribution in [0.2, 0.25) is 0 Å². The van der Waals surface area contributed by atoms with Crippen LogP contribution in [-0.2, 0) is 18.4 Å². The topological polar surface area (TPSA) is 64.2 Å². The molecule has 0 aliphatic rings. The predicted molar refractivity (Wildman–Crippen MR) is 75.7 cm³/mol. The number of carbonyl (C=O) groups excluding carboxylic acids is 1. The van der Waals surface area contributed by atoms with Crippen molar-refractivity contribution < 1.29 is 4.79 Å². The molecule has 0 saturated carbocycles. The van der Waals surface area contributed by atoms with Gasteiger partial charge < -0.3 is 10.6 Å². The summed E-state index contributed by atoms with van der Waals surface area (Å²) in [6.45, 7) is 2.64. The number of thiophene rings is 1.